The molecule has 0 fully saturated rings. The van der Waals surface area contributed by atoms with Crippen molar-refractivity contribution < 1.29 is 22.4 Å². The zero-order valence-corrected chi connectivity index (χ0v) is 21.5. The number of rotatable bonds is 10. The van der Waals surface area contributed by atoms with E-state index in [-0.39, 0.29) is 24.2 Å². The summed E-state index contributed by atoms with van der Waals surface area (Å²) in [4.78, 5) is 27.5. The van der Waals surface area contributed by atoms with Gasteiger partial charge < -0.3 is 10.2 Å². The van der Waals surface area contributed by atoms with Crippen molar-refractivity contribution >= 4 is 43.5 Å². The molecule has 0 saturated heterocycles. The average Bonchev–Trinajstić information content (AvgIpc) is 2.74. The maximum atomic E-state index is 13.8. The molecule has 10 heteroatoms. The summed E-state index contributed by atoms with van der Waals surface area (Å²) in [5.74, 6) is -1.55. The molecule has 2 aromatic carbocycles. The minimum atomic E-state index is -3.90. The Balaban J connectivity index is 2.38. The lowest BCUT2D eigenvalue weighted by Gasteiger charge is -2.32. The highest BCUT2D eigenvalue weighted by atomic mass is 79.9. The van der Waals surface area contributed by atoms with Crippen LogP contribution < -0.4 is 9.62 Å². The lowest BCUT2D eigenvalue weighted by molar-refractivity contribution is -0.139. The molecule has 0 aliphatic carbocycles. The Morgan fingerprint density at radius 3 is 2.36 bits per heavy atom. The van der Waals surface area contributed by atoms with Crippen LogP contribution in [0.5, 0.6) is 0 Å². The van der Waals surface area contributed by atoms with E-state index in [1.165, 1.54) is 23.1 Å². The molecule has 0 unspecified atom stereocenters. The van der Waals surface area contributed by atoms with Crippen LogP contribution in [0.15, 0.2) is 53.0 Å². The first-order valence-electron chi connectivity index (χ1n) is 10.5. The maximum Gasteiger partial charge on any atom is 0.244 e. The first-order valence-corrected chi connectivity index (χ1v) is 13.1. The van der Waals surface area contributed by atoms with Gasteiger partial charge in [-0.2, -0.15) is 0 Å². The molecule has 2 aromatic rings. The van der Waals surface area contributed by atoms with Gasteiger partial charge in [0.1, 0.15) is 18.4 Å². The Morgan fingerprint density at radius 2 is 1.79 bits per heavy atom. The Morgan fingerprint density at radius 1 is 1.12 bits per heavy atom. The number of hydrogen-bond donors (Lipinski definition) is 1. The number of halogens is 2. The molecule has 1 N–H and O–H groups in total. The molecule has 0 aliphatic rings. The van der Waals surface area contributed by atoms with E-state index in [0.29, 0.717) is 0 Å². The largest absolute Gasteiger partial charge is 0.352 e. The highest BCUT2D eigenvalue weighted by Crippen LogP contribution is 2.20. The van der Waals surface area contributed by atoms with E-state index in [9.17, 15) is 22.4 Å². The smallest absolute Gasteiger partial charge is 0.244 e. The predicted octanol–water partition coefficient (Wildman–Crippen LogP) is 3.69. The van der Waals surface area contributed by atoms with Gasteiger partial charge in [-0.1, -0.05) is 41.1 Å². The van der Waals surface area contributed by atoms with Crippen LogP contribution in [0, 0.1) is 5.82 Å². The number of nitrogens with one attached hydrogen (secondary N) is 1. The third-order valence-corrected chi connectivity index (χ3v) is 6.82. The SMILES string of the molecule is CC[C@H](C)NC(=O)[C@@H](C)N(Cc1cccc(Br)c1)C(=O)CN(c1cccc(F)c1)S(C)(=O)=O. The molecule has 0 saturated carbocycles. The summed E-state index contributed by atoms with van der Waals surface area (Å²) < 4.78 is 40.3. The van der Waals surface area contributed by atoms with Gasteiger partial charge in [0.2, 0.25) is 21.8 Å². The summed E-state index contributed by atoms with van der Waals surface area (Å²) in [5.41, 5.74) is 0.794. The van der Waals surface area contributed by atoms with Crippen molar-refractivity contribution in [1.29, 1.82) is 0 Å². The zero-order valence-electron chi connectivity index (χ0n) is 19.1. The molecule has 0 aromatic heterocycles. The van der Waals surface area contributed by atoms with Gasteiger partial charge in [-0.25, -0.2) is 12.8 Å². The van der Waals surface area contributed by atoms with Gasteiger partial charge in [-0.05, 0) is 56.2 Å². The van der Waals surface area contributed by atoms with Gasteiger partial charge in [0.25, 0.3) is 0 Å². The van der Waals surface area contributed by atoms with Crippen molar-refractivity contribution in [1.82, 2.24) is 10.2 Å². The molecule has 0 heterocycles. The monoisotopic (exact) mass is 541 g/mol. The minimum Gasteiger partial charge on any atom is -0.352 e. The Hall–Kier alpha value is -2.46. The fourth-order valence-electron chi connectivity index (χ4n) is 3.13. The Bertz CT molecular complexity index is 1100. The van der Waals surface area contributed by atoms with E-state index in [4.69, 9.17) is 0 Å². The number of amides is 2. The molecule has 180 valence electrons. The molecule has 0 bridgehead atoms. The molecule has 33 heavy (non-hydrogen) atoms. The van der Waals surface area contributed by atoms with Crippen LogP contribution in [0.2, 0.25) is 0 Å². The van der Waals surface area contributed by atoms with Gasteiger partial charge in [0.15, 0.2) is 0 Å². The predicted molar refractivity (Wildman–Crippen MR) is 131 cm³/mol. The van der Waals surface area contributed by atoms with Crippen molar-refractivity contribution in [3.05, 3.63) is 64.4 Å². The molecule has 0 spiro atoms. The van der Waals surface area contributed by atoms with Crippen LogP contribution in [0.3, 0.4) is 0 Å². The van der Waals surface area contributed by atoms with E-state index in [1.807, 2.05) is 38.1 Å². The maximum absolute atomic E-state index is 13.8. The van der Waals surface area contributed by atoms with Crippen molar-refractivity contribution in [3.63, 3.8) is 0 Å². The van der Waals surface area contributed by atoms with Gasteiger partial charge in [-0.3, -0.25) is 13.9 Å². The summed E-state index contributed by atoms with van der Waals surface area (Å²) >= 11 is 3.40. The van der Waals surface area contributed by atoms with E-state index < -0.39 is 34.3 Å². The molecule has 0 aliphatic heterocycles. The average molecular weight is 542 g/mol. The van der Waals surface area contributed by atoms with Gasteiger partial charge in [0, 0.05) is 17.1 Å². The number of hydrogen-bond acceptors (Lipinski definition) is 4. The molecule has 2 amide bonds. The Kier molecular flexibility index (Phi) is 9.42. The number of anilines is 1. The standard InChI is InChI=1S/C23H29BrFN3O4S/c1-5-16(2)26-23(30)17(3)27(14-18-8-6-9-19(24)12-18)22(29)15-28(33(4,31)32)21-11-7-10-20(25)13-21/h6-13,16-17H,5,14-15H2,1-4H3,(H,26,30)/t16-,17+/m0/s1. The van der Waals surface area contributed by atoms with E-state index >= 15 is 0 Å². The third kappa shape index (κ3) is 7.82. The first-order chi connectivity index (χ1) is 15.4. The van der Waals surface area contributed by atoms with E-state index in [0.717, 1.165) is 33.1 Å². The highest BCUT2D eigenvalue weighted by Gasteiger charge is 2.30. The van der Waals surface area contributed by atoms with Crippen molar-refractivity contribution in [2.75, 3.05) is 17.1 Å². The molecular weight excluding hydrogens is 513 g/mol. The summed E-state index contributed by atoms with van der Waals surface area (Å²) in [6, 6.07) is 11.3. The second-order valence-electron chi connectivity index (χ2n) is 7.89. The first kappa shape index (κ1) is 26.8. The molecule has 0 radical (unpaired) electrons. The lowest BCUT2D eigenvalue weighted by Crippen LogP contribution is -2.52. The number of carbonyl (C=O) groups is 2. The van der Waals surface area contributed by atoms with E-state index in [2.05, 4.69) is 21.2 Å². The minimum absolute atomic E-state index is 0.0324. The second kappa shape index (κ2) is 11.6. The lowest BCUT2D eigenvalue weighted by atomic mass is 10.1. The van der Waals surface area contributed by atoms with Crippen molar-refractivity contribution in [2.45, 2.75) is 45.8 Å². The topological polar surface area (TPSA) is 86.8 Å². The van der Waals surface area contributed by atoms with Crippen molar-refractivity contribution in [2.24, 2.45) is 0 Å². The zero-order chi connectivity index (χ0) is 24.8. The number of carbonyl (C=O) groups excluding carboxylic acids is 2. The number of sulfonamides is 1. The number of benzene rings is 2. The molecule has 2 atom stereocenters. The molecule has 7 nitrogen and oxygen atoms in total. The summed E-state index contributed by atoms with van der Waals surface area (Å²) in [6.07, 6.45) is 1.67. The summed E-state index contributed by atoms with van der Waals surface area (Å²) in [5, 5.41) is 2.86. The van der Waals surface area contributed by atoms with Gasteiger partial charge in [0.05, 0.1) is 11.9 Å². The fraction of sp³-hybridized carbons (Fsp3) is 0.391. The third-order valence-electron chi connectivity index (χ3n) is 5.19. The van der Waals surface area contributed by atoms with Crippen LogP contribution in [-0.2, 0) is 26.2 Å². The second-order valence-corrected chi connectivity index (χ2v) is 10.7. The fourth-order valence-corrected chi connectivity index (χ4v) is 4.41. The summed E-state index contributed by atoms with van der Waals surface area (Å²) in [7, 11) is -3.90. The van der Waals surface area contributed by atoms with Gasteiger partial charge in [-0.15, -0.1) is 0 Å². The molecule has 2 rings (SSSR count). The van der Waals surface area contributed by atoms with Crippen LogP contribution in [-0.4, -0.2) is 50.0 Å². The normalized spacial score (nSPS) is 13.2. The van der Waals surface area contributed by atoms with Crippen LogP contribution >= 0.6 is 15.9 Å². The van der Waals surface area contributed by atoms with Crippen LogP contribution in [0.4, 0.5) is 10.1 Å². The quantitative estimate of drug-likeness (QED) is 0.497. The molecular formula is C23H29BrFN3O4S. The van der Waals surface area contributed by atoms with Crippen LogP contribution in [0.1, 0.15) is 32.8 Å². The summed E-state index contributed by atoms with van der Waals surface area (Å²) in [6.45, 7) is 4.91. The van der Waals surface area contributed by atoms with E-state index in [1.54, 1.807) is 6.92 Å². The number of nitrogens with zero attached hydrogens (tertiary/aromatic N) is 2. The van der Waals surface area contributed by atoms with Crippen LogP contribution in [0.25, 0.3) is 0 Å². The Labute approximate surface area is 203 Å². The van der Waals surface area contributed by atoms with Crippen molar-refractivity contribution in [3.8, 4) is 0 Å². The highest BCUT2D eigenvalue weighted by molar-refractivity contribution is 9.10. The van der Waals surface area contributed by atoms with Gasteiger partial charge >= 0.3 is 0 Å².